The van der Waals surface area contributed by atoms with Gasteiger partial charge in [0.05, 0.1) is 43.5 Å². The lowest BCUT2D eigenvalue weighted by atomic mass is 10.0. The quantitative estimate of drug-likeness (QED) is 0.567. The lowest BCUT2D eigenvalue weighted by Gasteiger charge is -2.13. The summed E-state index contributed by atoms with van der Waals surface area (Å²) in [5.41, 5.74) is 7.28. The number of carbonyl (C=O) groups excluding carboxylic acids is 2. The summed E-state index contributed by atoms with van der Waals surface area (Å²) >= 11 is 0. The maximum atomic E-state index is 12.9. The molecule has 2 amide bonds. The van der Waals surface area contributed by atoms with E-state index in [9.17, 15) is 9.59 Å². The Morgan fingerprint density at radius 2 is 1.71 bits per heavy atom. The number of benzene rings is 2. The summed E-state index contributed by atoms with van der Waals surface area (Å²) in [5, 5.41) is 0.670. The van der Waals surface area contributed by atoms with Gasteiger partial charge in [-0.25, -0.2) is 4.98 Å². The van der Waals surface area contributed by atoms with E-state index in [4.69, 9.17) is 14.2 Å². The van der Waals surface area contributed by atoms with Gasteiger partial charge in [0.2, 0.25) is 5.91 Å². The van der Waals surface area contributed by atoms with Crippen molar-refractivity contribution in [3.8, 4) is 22.8 Å². The van der Waals surface area contributed by atoms with Gasteiger partial charge >= 0.3 is 0 Å². The fraction of sp³-hybridized carbons (Fsp3) is 0.261. The van der Waals surface area contributed by atoms with Gasteiger partial charge in [0.15, 0.2) is 11.5 Å². The third-order valence-corrected chi connectivity index (χ3v) is 4.83. The molecule has 2 aromatic carbocycles. The average Bonchev–Trinajstić information content (AvgIpc) is 2.81. The maximum absolute atomic E-state index is 12.9. The number of rotatable bonds is 7. The van der Waals surface area contributed by atoms with Gasteiger partial charge < -0.3 is 14.2 Å². The lowest BCUT2D eigenvalue weighted by molar-refractivity contribution is -0.124. The van der Waals surface area contributed by atoms with Crippen molar-refractivity contribution in [1.29, 1.82) is 0 Å². The van der Waals surface area contributed by atoms with Gasteiger partial charge in [0.1, 0.15) is 0 Å². The molecule has 3 rings (SSSR count). The van der Waals surface area contributed by atoms with Crippen LogP contribution >= 0.6 is 0 Å². The second-order valence-electron chi connectivity index (χ2n) is 6.89. The van der Waals surface area contributed by atoms with Crippen molar-refractivity contribution in [2.24, 2.45) is 0 Å². The maximum Gasteiger partial charge on any atom is 0.270 e. The molecule has 0 spiro atoms. The van der Waals surface area contributed by atoms with Gasteiger partial charge in [0, 0.05) is 18.1 Å². The number of aromatic nitrogens is 1. The van der Waals surface area contributed by atoms with Crippen LogP contribution in [0.3, 0.4) is 0 Å². The van der Waals surface area contributed by atoms with Crippen LogP contribution in [0.2, 0.25) is 0 Å². The minimum atomic E-state index is -0.446. The number of nitrogens with one attached hydrogen (secondary N) is 2. The zero-order valence-electron chi connectivity index (χ0n) is 17.9. The van der Waals surface area contributed by atoms with Gasteiger partial charge in [-0.3, -0.25) is 20.4 Å². The molecule has 8 heteroatoms. The van der Waals surface area contributed by atoms with Gasteiger partial charge in [-0.1, -0.05) is 18.2 Å². The topological polar surface area (TPSA) is 98.8 Å². The third kappa shape index (κ3) is 5.10. The highest BCUT2D eigenvalue weighted by Gasteiger charge is 2.16. The van der Waals surface area contributed by atoms with E-state index in [1.54, 1.807) is 39.3 Å². The Labute approximate surface area is 180 Å². The van der Waals surface area contributed by atoms with E-state index in [-0.39, 0.29) is 18.4 Å². The Hall–Kier alpha value is -3.65. The van der Waals surface area contributed by atoms with Gasteiger partial charge in [-0.05, 0) is 37.3 Å². The van der Waals surface area contributed by atoms with Crippen molar-refractivity contribution in [2.45, 2.75) is 19.4 Å². The van der Waals surface area contributed by atoms with Gasteiger partial charge in [-0.15, -0.1) is 0 Å². The molecule has 0 aliphatic heterocycles. The number of methoxy groups -OCH3 is 3. The Morgan fingerprint density at radius 3 is 2.42 bits per heavy atom. The molecule has 0 bridgehead atoms. The Morgan fingerprint density at radius 1 is 0.968 bits per heavy atom. The summed E-state index contributed by atoms with van der Waals surface area (Å²) in [6.45, 7) is 1.77. The van der Waals surface area contributed by atoms with Crippen LogP contribution in [0.1, 0.15) is 23.7 Å². The molecule has 1 heterocycles. The molecule has 0 radical (unpaired) electrons. The summed E-state index contributed by atoms with van der Waals surface area (Å²) in [5.74, 6) is 0.360. The molecule has 0 aliphatic carbocycles. The van der Waals surface area contributed by atoms with Crippen LogP contribution in [0.5, 0.6) is 11.5 Å². The standard InChI is InChI=1S/C23H25N3O5/c1-14(29-2)11-22(27)25-26-23(28)17-13-19(24-18-8-6-5-7-16(17)18)15-9-10-20(30-3)21(12-15)31-4/h5-10,12-14H,11H2,1-4H3,(H,25,27)(H,26,28). The van der Waals surface area contributed by atoms with E-state index >= 15 is 0 Å². The number of carbonyl (C=O) groups is 2. The smallest absolute Gasteiger partial charge is 0.270 e. The number of pyridine rings is 1. The number of para-hydroxylation sites is 1. The first kappa shape index (κ1) is 22.0. The fourth-order valence-electron chi connectivity index (χ4n) is 3.10. The molecule has 0 fully saturated rings. The number of fused-ring (bicyclic) bond motifs is 1. The largest absolute Gasteiger partial charge is 0.493 e. The highest BCUT2D eigenvalue weighted by molar-refractivity contribution is 6.07. The average molecular weight is 423 g/mol. The van der Waals surface area contributed by atoms with E-state index in [1.807, 2.05) is 30.3 Å². The number of nitrogens with zero attached hydrogens (tertiary/aromatic N) is 1. The summed E-state index contributed by atoms with van der Waals surface area (Å²) in [6, 6.07) is 14.4. The second kappa shape index (κ2) is 9.90. The van der Waals surface area contributed by atoms with Crippen LogP contribution in [0.15, 0.2) is 48.5 Å². The normalized spacial score (nSPS) is 11.6. The highest BCUT2D eigenvalue weighted by Crippen LogP contribution is 2.33. The molecule has 162 valence electrons. The molecule has 1 aromatic heterocycles. The van der Waals surface area contributed by atoms with Crippen molar-refractivity contribution in [1.82, 2.24) is 15.8 Å². The van der Waals surface area contributed by atoms with Crippen molar-refractivity contribution >= 4 is 22.7 Å². The van der Waals surface area contributed by atoms with E-state index in [0.717, 1.165) is 5.56 Å². The predicted octanol–water partition coefficient (Wildman–Crippen LogP) is 3.11. The van der Waals surface area contributed by atoms with Crippen LogP contribution in [-0.2, 0) is 9.53 Å². The van der Waals surface area contributed by atoms with Gasteiger partial charge in [-0.2, -0.15) is 0 Å². The fourth-order valence-corrected chi connectivity index (χ4v) is 3.10. The molecule has 31 heavy (non-hydrogen) atoms. The lowest BCUT2D eigenvalue weighted by Crippen LogP contribution is -2.42. The molecule has 1 unspecified atom stereocenters. The zero-order chi connectivity index (χ0) is 22.4. The van der Waals surface area contributed by atoms with Crippen molar-refractivity contribution in [2.75, 3.05) is 21.3 Å². The third-order valence-electron chi connectivity index (χ3n) is 4.83. The van der Waals surface area contributed by atoms with Crippen LogP contribution in [-0.4, -0.2) is 44.2 Å². The SMILES string of the molecule is COc1ccc(-c2cc(C(=O)NNC(=O)CC(C)OC)c3ccccc3n2)cc1OC. The van der Waals surface area contributed by atoms with Crippen LogP contribution in [0.4, 0.5) is 0 Å². The number of hydrazine groups is 1. The molecule has 0 aliphatic rings. The first-order valence-corrected chi connectivity index (χ1v) is 9.71. The van der Waals surface area contributed by atoms with Crippen molar-refractivity contribution < 1.29 is 23.8 Å². The monoisotopic (exact) mass is 423 g/mol. The molecule has 3 aromatic rings. The van der Waals surface area contributed by atoms with Gasteiger partial charge in [0.25, 0.3) is 5.91 Å². The number of hydrogen-bond donors (Lipinski definition) is 2. The Balaban J connectivity index is 1.94. The molecule has 1 atom stereocenters. The van der Waals surface area contributed by atoms with Crippen molar-refractivity contribution in [3.63, 3.8) is 0 Å². The Bertz CT molecular complexity index is 1100. The molecular formula is C23H25N3O5. The molecule has 8 nitrogen and oxygen atoms in total. The number of amides is 2. The summed E-state index contributed by atoms with van der Waals surface area (Å²) in [4.78, 5) is 29.6. The minimum Gasteiger partial charge on any atom is -0.493 e. The van der Waals surface area contributed by atoms with E-state index < -0.39 is 5.91 Å². The van der Waals surface area contributed by atoms with E-state index in [1.165, 1.54) is 7.11 Å². The first-order chi connectivity index (χ1) is 15.0. The molecule has 0 saturated heterocycles. The summed E-state index contributed by atoms with van der Waals surface area (Å²) in [7, 11) is 4.65. The Kier molecular flexibility index (Phi) is 7.04. The number of hydrogen-bond acceptors (Lipinski definition) is 6. The van der Waals surface area contributed by atoms with Crippen molar-refractivity contribution in [3.05, 3.63) is 54.1 Å². The predicted molar refractivity (Wildman–Crippen MR) is 117 cm³/mol. The van der Waals surface area contributed by atoms with Crippen LogP contribution in [0, 0.1) is 0 Å². The summed E-state index contributed by atoms with van der Waals surface area (Å²) in [6.07, 6.45) is -0.125. The molecule has 0 saturated carbocycles. The van der Waals surface area contributed by atoms with E-state index in [0.29, 0.717) is 33.7 Å². The first-order valence-electron chi connectivity index (χ1n) is 9.71. The highest BCUT2D eigenvalue weighted by atomic mass is 16.5. The zero-order valence-corrected chi connectivity index (χ0v) is 17.9. The summed E-state index contributed by atoms with van der Waals surface area (Å²) < 4.78 is 15.7. The second-order valence-corrected chi connectivity index (χ2v) is 6.89. The molecular weight excluding hydrogens is 398 g/mol. The number of ether oxygens (including phenoxy) is 3. The van der Waals surface area contributed by atoms with Crippen LogP contribution < -0.4 is 20.3 Å². The molecule has 2 N–H and O–H groups in total. The minimum absolute atomic E-state index is 0.130. The van der Waals surface area contributed by atoms with Crippen LogP contribution in [0.25, 0.3) is 22.2 Å². The van der Waals surface area contributed by atoms with E-state index in [2.05, 4.69) is 15.8 Å².